The molecule has 1 amide bonds. The maximum Gasteiger partial charge on any atom is 0.416 e. The molecule has 0 radical (unpaired) electrons. The molecule has 0 unspecified atom stereocenters. The summed E-state index contributed by atoms with van der Waals surface area (Å²) in [6.07, 6.45) is -0.109. The van der Waals surface area contributed by atoms with Crippen LogP contribution in [-0.4, -0.2) is 33.4 Å². The standard InChI is InChI=1S/C17H18F3N3O/c1-22-10-15(21-11-22)16(24)23-8-6-12(7-9-23)13-4-2-3-5-14(13)17(18,19)20/h2-5,10-12H,6-9H2,1H3. The predicted octanol–water partition coefficient (Wildman–Crippen LogP) is 3.46. The maximum absolute atomic E-state index is 13.2. The van der Waals surface area contributed by atoms with Crippen molar-refractivity contribution in [1.29, 1.82) is 0 Å². The lowest BCUT2D eigenvalue weighted by Crippen LogP contribution is -2.38. The van der Waals surface area contributed by atoms with Crippen LogP contribution in [0.1, 0.15) is 40.4 Å². The van der Waals surface area contributed by atoms with E-state index >= 15 is 0 Å². The molecule has 1 aromatic heterocycles. The summed E-state index contributed by atoms with van der Waals surface area (Å²) < 4.78 is 41.2. The van der Waals surface area contributed by atoms with Gasteiger partial charge in [0.15, 0.2) is 0 Å². The molecule has 0 N–H and O–H groups in total. The van der Waals surface area contributed by atoms with E-state index in [1.165, 1.54) is 6.07 Å². The third kappa shape index (κ3) is 3.29. The van der Waals surface area contributed by atoms with E-state index in [2.05, 4.69) is 4.98 Å². The number of amides is 1. The molecule has 24 heavy (non-hydrogen) atoms. The molecule has 0 saturated carbocycles. The number of alkyl halides is 3. The summed E-state index contributed by atoms with van der Waals surface area (Å²) in [5, 5.41) is 0. The molecular weight excluding hydrogens is 319 g/mol. The van der Waals surface area contributed by atoms with Crippen LogP contribution in [0.4, 0.5) is 13.2 Å². The minimum Gasteiger partial charge on any atom is -0.340 e. The van der Waals surface area contributed by atoms with Gasteiger partial charge in [-0.2, -0.15) is 13.2 Å². The van der Waals surface area contributed by atoms with E-state index in [-0.39, 0.29) is 11.8 Å². The van der Waals surface area contributed by atoms with Crippen molar-refractivity contribution >= 4 is 5.91 Å². The number of likely N-dealkylation sites (tertiary alicyclic amines) is 1. The normalized spacial score (nSPS) is 16.4. The lowest BCUT2D eigenvalue weighted by Gasteiger charge is -2.32. The minimum atomic E-state index is -4.35. The Kier molecular flexibility index (Phi) is 4.34. The van der Waals surface area contributed by atoms with Gasteiger partial charge in [-0.1, -0.05) is 18.2 Å². The maximum atomic E-state index is 13.2. The van der Waals surface area contributed by atoms with Crippen LogP contribution in [0.3, 0.4) is 0 Å². The fourth-order valence-corrected chi connectivity index (χ4v) is 3.19. The van der Waals surface area contributed by atoms with Gasteiger partial charge in [0.25, 0.3) is 5.91 Å². The summed E-state index contributed by atoms with van der Waals surface area (Å²) in [5.74, 6) is -0.353. The van der Waals surface area contributed by atoms with Gasteiger partial charge in [-0.25, -0.2) is 4.98 Å². The average molecular weight is 337 g/mol. The highest BCUT2D eigenvalue weighted by atomic mass is 19.4. The lowest BCUT2D eigenvalue weighted by atomic mass is 9.86. The van der Waals surface area contributed by atoms with Crippen LogP contribution in [0.25, 0.3) is 0 Å². The Morgan fingerprint density at radius 1 is 1.21 bits per heavy atom. The topological polar surface area (TPSA) is 38.1 Å². The van der Waals surface area contributed by atoms with Crippen LogP contribution in [0.15, 0.2) is 36.8 Å². The first-order chi connectivity index (χ1) is 11.4. The molecule has 1 aliphatic heterocycles. The van der Waals surface area contributed by atoms with Crippen LogP contribution in [0.5, 0.6) is 0 Å². The third-order valence-corrected chi connectivity index (χ3v) is 4.41. The number of halogens is 3. The van der Waals surface area contributed by atoms with Crippen molar-refractivity contribution in [3.05, 3.63) is 53.6 Å². The van der Waals surface area contributed by atoms with E-state index < -0.39 is 11.7 Å². The second kappa shape index (κ2) is 6.30. The molecule has 1 fully saturated rings. The van der Waals surface area contributed by atoms with E-state index in [1.807, 2.05) is 0 Å². The Morgan fingerprint density at radius 3 is 2.46 bits per heavy atom. The van der Waals surface area contributed by atoms with Gasteiger partial charge in [0.1, 0.15) is 5.69 Å². The summed E-state index contributed by atoms with van der Waals surface area (Å²) in [6, 6.07) is 5.71. The number of benzene rings is 1. The Morgan fingerprint density at radius 2 is 1.88 bits per heavy atom. The summed E-state index contributed by atoms with van der Waals surface area (Å²) in [7, 11) is 1.78. The number of piperidine rings is 1. The van der Waals surface area contributed by atoms with Crippen molar-refractivity contribution < 1.29 is 18.0 Å². The molecular formula is C17H18F3N3O. The molecule has 0 atom stereocenters. The van der Waals surface area contributed by atoms with Gasteiger partial charge in [-0.3, -0.25) is 4.79 Å². The average Bonchev–Trinajstić information content (AvgIpc) is 3.00. The molecule has 2 aromatic rings. The molecule has 7 heteroatoms. The van der Waals surface area contributed by atoms with Gasteiger partial charge in [-0.15, -0.1) is 0 Å². The zero-order valence-corrected chi connectivity index (χ0v) is 13.3. The van der Waals surface area contributed by atoms with E-state index in [0.717, 1.165) is 6.07 Å². The van der Waals surface area contributed by atoms with Crippen molar-refractivity contribution in [2.75, 3.05) is 13.1 Å². The highest BCUT2D eigenvalue weighted by Crippen LogP contribution is 2.38. The molecule has 0 spiro atoms. The van der Waals surface area contributed by atoms with Crippen LogP contribution in [0, 0.1) is 0 Å². The first-order valence-corrected chi connectivity index (χ1v) is 7.79. The molecule has 1 aliphatic rings. The SMILES string of the molecule is Cn1cnc(C(=O)N2CCC(c3ccccc3C(F)(F)F)CC2)c1. The van der Waals surface area contributed by atoms with Gasteiger partial charge in [-0.05, 0) is 30.4 Å². The molecule has 3 rings (SSSR count). The number of imidazole rings is 1. The zero-order valence-electron chi connectivity index (χ0n) is 13.3. The second-order valence-corrected chi connectivity index (χ2v) is 6.08. The van der Waals surface area contributed by atoms with Gasteiger partial charge in [0.2, 0.25) is 0 Å². The minimum absolute atomic E-state index is 0.168. The molecule has 1 saturated heterocycles. The highest BCUT2D eigenvalue weighted by molar-refractivity contribution is 5.92. The van der Waals surface area contributed by atoms with E-state index in [4.69, 9.17) is 0 Å². The molecule has 0 aliphatic carbocycles. The number of carbonyl (C=O) groups is 1. The predicted molar refractivity (Wildman–Crippen MR) is 82.5 cm³/mol. The zero-order chi connectivity index (χ0) is 17.3. The van der Waals surface area contributed by atoms with Crippen LogP contribution in [0.2, 0.25) is 0 Å². The van der Waals surface area contributed by atoms with Crippen molar-refractivity contribution in [2.45, 2.75) is 24.9 Å². The fraction of sp³-hybridized carbons (Fsp3) is 0.412. The quantitative estimate of drug-likeness (QED) is 0.842. The monoisotopic (exact) mass is 337 g/mol. The number of carbonyl (C=O) groups excluding carboxylic acids is 1. The van der Waals surface area contributed by atoms with Gasteiger partial charge < -0.3 is 9.47 Å². The number of nitrogens with zero attached hydrogens (tertiary/aromatic N) is 3. The molecule has 1 aromatic carbocycles. The van der Waals surface area contributed by atoms with E-state index in [0.29, 0.717) is 37.2 Å². The van der Waals surface area contributed by atoms with Crippen LogP contribution < -0.4 is 0 Å². The Balaban J connectivity index is 1.71. The van der Waals surface area contributed by atoms with Gasteiger partial charge in [0.05, 0.1) is 11.9 Å². The fourth-order valence-electron chi connectivity index (χ4n) is 3.19. The number of hydrogen-bond acceptors (Lipinski definition) is 2. The van der Waals surface area contributed by atoms with E-state index in [1.54, 1.807) is 41.2 Å². The smallest absolute Gasteiger partial charge is 0.340 e. The van der Waals surface area contributed by atoms with Crippen molar-refractivity contribution in [3.8, 4) is 0 Å². The Hall–Kier alpha value is -2.31. The van der Waals surface area contributed by atoms with Crippen molar-refractivity contribution in [3.63, 3.8) is 0 Å². The number of aromatic nitrogens is 2. The Bertz CT molecular complexity index is 731. The highest BCUT2D eigenvalue weighted by Gasteiger charge is 2.36. The third-order valence-electron chi connectivity index (χ3n) is 4.41. The second-order valence-electron chi connectivity index (χ2n) is 6.08. The van der Waals surface area contributed by atoms with Crippen molar-refractivity contribution in [1.82, 2.24) is 14.5 Å². The first kappa shape index (κ1) is 16.5. The van der Waals surface area contributed by atoms with Gasteiger partial charge >= 0.3 is 6.18 Å². The lowest BCUT2D eigenvalue weighted by molar-refractivity contribution is -0.138. The van der Waals surface area contributed by atoms with Crippen LogP contribution >= 0.6 is 0 Å². The van der Waals surface area contributed by atoms with Crippen LogP contribution in [-0.2, 0) is 13.2 Å². The first-order valence-electron chi connectivity index (χ1n) is 7.79. The van der Waals surface area contributed by atoms with Gasteiger partial charge in [0, 0.05) is 26.3 Å². The molecule has 2 heterocycles. The number of aryl methyl sites for hydroxylation is 1. The summed E-state index contributed by atoms with van der Waals surface area (Å²) in [6.45, 7) is 0.874. The molecule has 128 valence electrons. The molecule has 0 bridgehead atoms. The largest absolute Gasteiger partial charge is 0.416 e. The van der Waals surface area contributed by atoms with Crippen molar-refractivity contribution in [2.24, 2.45) is 7.05 Å². The Labute approximate surface area is 137 Å². The summed E-state index contributed by atoms with van der Waals surface area (Å²) in [4.78, 5) is 18.1. The summed E-state index contributed by atoms with van der Waals surface area (Å²) in [5.41, 5.74) is 0.126. The number of rotatable bonds is 2. The molecule has 4 nitrogen and oxygen atoms in total. The van der Waals surface area contributed by atoms with E-state index in [9.17, 15) is 18.0 Å². The number of hydrogen-bond donors (Lipinski definition) is 0. The summed E-state index contributed by atoms with van der Waals surface area (Å²) >= 11 is 0.